The lowest BCUT2D eigenvalue weighted by atomic mass is 9.87. The van der Waals surface area contributed by atoms with Crippen LogP contribution in [0.2, 0.25) is 0 Å². The third-order valence-corrected chi connectivity index (χ3v) is 8.46. The largest absolute Gasteiger partial charge is 0.317 e. The van der Waals surface area contributed by atoms with Gasteiger partial charge in [0, 0.05) is 38.8 Å². The lowest BCUT2D eigenvalue weighted by molar-refractivity contribution is 0.147. The molecule has 0 aromatic heterocycles. The van der Waals surface area contributed by atoms with Gasteiger partial charge < -0.3 is 15.1 Å². The molecule has 170 valence electrons. The molecular formula is C23H40N4O2S. The molecule has 2 heterocycles. The topological polar surface area (TPSA) is 55.9 Å². The third kappa shape index (κ3) is 6.04. The zero-order valence-electron chi connectivity index (χ0n) is 19.2. The second-order valence-corrected chi connectivity index (χ2v) is 11.8. The summed E-state index contributed by atoms with van der Waals surface area (Å²) in [6, 6.07) is 7.62. The number of piperazine rings is 1. The fourth-order valence-corrected chi connectivity index (χ4v) is 6.10. The van der Waals surface area contributed by atoms with Crippen molar-refractivity contribution in [2.45, 2.75) is 56.4 Å². The van der Waals surface area contributed by atoms with Gasteiger partial charge in [0.05, 0.1) is 4.90 Å². The summed E-state index contributed by atoms with van der Waals surface area (Å²) in [5.74, 6) is 0. The van der Waals surface area contributed by atoms with Crippen molar-refractivity contribution in [3.63, 3.8) is 0 Å². The first-order chi connectivity index (χ1) is 14.2. The van der Waals surface area contributed by atoms with Gasteiger partial charge in [0.25, 0.3) is 0 Å². The van der Waals surface area contributed by atoms with Crippen LogP contribution in [-0.4, -0.2) is 88.0 Å². The minimum absolute atomic E-state index is 0.0134. The minimum atomic E-state index is -3.50. The summed E-state index contributed by atoms with van der Waals surface area (Å²) in [6.07, 6.45) is 2.65. The third-order valence-electron chi connectivity index (χ3n) is 6.49. The van der Waals surface area contributed by atoms with Crippen LogP contribution in [0.1, 0.15) is 45.6 Å². The summed E-state index contributed by atoms with van der Waals surface area (Å²) in [5.41, 5.74) is 1.17. The highest BCUT2D eigenvalue weighted by Crippen LogP contribution is 2.27. The molecular weight excluding hydrogens is 396 g/mol. The number of piperidine rings is 1. The molecule has 0 spiro atoms. The Labute approximate surface area is 183 Å². The Morgan fingerprint density at radius 2 is 1.63 bits per heavy atom. The molecule has 0 aliphatic carbocycles. The molecule has 1 aromatic rings. The number of sulfonamides is 1. The van der Waals surface area contributed by atoms with E-state index in [1.807, 2.05) is 12.1 Å². The first-order valence-electron chi connectivity index (χ1n) is 11.4. The lowest BCUT2D eigenvalue weighted by Crippen LogP contribution is -2.48. The number of nitrogens with one attached hydrogen (secondary N) is 1. The van der Waals surface area contributed by atoms with Crippen molar-refractivity contribution in [3.8, 4) is 0 Å². The van der Waals surface area contributed by atoms with Crippen molar-refractivity contribution in [3.05, 3.63) is 29.8 Å². The second-order valence-electron chi connectivity index (χ2n) is 9.87. The number of hydrogen-bond acceptors (Lipinski definition) is 5. The van der Waals surface area contributed by atoms with Crippen molar-refractivity contribution >= 4 is 10.0 Å². The van der Waals surface area contributed by atoms with E-state index in [0.717, 1.165) is 70.6 Å². The average Bonchev–Trinajstić information content (AvgIpc) is 2.72. The molecule has 0 radical (unpaired) electrons. The van der Waals surface area contributed by atoms with E-state index in [1.54, 1.807) is 16.4 Å². The van der Waals surface area contributed by atoms with Gasteiger partial charge in [-0.2, -0.15) is 4.31 Å². The summed E-state index contributed by atoms with van der Waals surface area (Å²) in [4.78, 5) is 5.24. The van der Waals surface area contributed by atoms with Gasteiger partial charge in [-0.3, -0.25) is 0 Å². The Hall–Kier alpha value is -0.990. The van der Waals surface area contributed by atoms with Crippen LogP contribution in [0.3, 0.4) is 0 Å². The zero-order chi connectivity index (χ0) is 21.8. The molecule has 0 saturated carbocycles. The highest BCUT2D eigenvalue weighted by molar-refractivity contribution is 7.89. The van der Waals surface area contributed by atoms with E-state index >= 15 is 0 Å². The van der Waals surface area contributed by atoms with E-state index < -0.39 is 10.0 Å². The molecule has 0 amide bonds. The molecule has 3 rings (SSSR count). The standard InChI is InChI=1S/C23H40N4O2S/c1-23(2,3)20-6-8-22(9-7-20)30(28,29)27(21-10-12-24-13-11-21)15-5-14-26-18-16-25(4)17-19-26/h6-9,21,24H,5,10-19H2,1-4H3. The Morgan fingerprint density at radius 3 is 2.20 bits per heavy atom. The second kappa shape index (κ2) is 10.1. The molecule has 1 N–H and O–H groups in total. The van der Waals surface area contributed by atoms with Crippen LogP contribution in [0.25, 0.3) is 0 Å². The van der Waals surface area contributed by atoms with Crippen LogP contribution in [0.5, 0.6) is 0 Å². The van der Waals surface area contributed by atoms with Gasteiger partial charge in [-0.25, -0.2) is 8.42 Å². The Kier molecular flexibility index (Phi) is 7.96. The van der Waals surface area contributed by atoms with Gasteiger partial charge >= 0.3 is 0 Å². The van der Waals surface area contributed by atoms with Crippen molar-refractivity contribution in [1.29, 1.82) is 0 Å². The van der Waals surface area contributed by atoms with Crippen LogP contribution < -0.4 is 5.32 Å². The van der Waals surface area contributed by atoms with Gasteiger partial charge in [-0.1, -0.05) is 32.9 Å². The molecule has 2 aliphatic rings. The van der Waals surface area contributed by atoms with Crippen LogP contribution in [0, 0.1) is 0 Å². The highest BCUT2D eigenvalue weighted by atomic mass is 32.2. The van der Waals surface area contributed by atoms with Gasteiger partial charge in [-0.15, -0.1) is 0 Å². The maximum atomic E-state index is 13.6. The van der Waals surface area contributed by atoms with Crippen molar-refractivity contribution in [2.75, 3.05) is 59.4 Å². The van der Waals surface area contributed by atoms with Crippen LogP contribution in [0.4, 0.5) is 0 Å². The molecule has 7 heteroatoms. The molecule has 0 bridgehead atoms. The van der Waals surface area contributed by atoms with E-state index in [2.05, 4.69) is 42.9 Å². The smallest absolute Gasteiger partial charge is 0.243 e. The predicted molar refractivity (Wildman–Crippen MR) is 123 cm³/mol. The molecule has 0 atom stereocenters. The first kappa shape index (κ1) is 23.7. The number of rotatable bonds is 7. The Bertz CT molecular complexity index is 759. The van der Waals surface area contributed by atoms with Crippen LogP contribution in [-0.2, 0) is 15.4 Å². The molecule has 2 saturated heterocycles. The first-order valence-corrected chi connectivity index (χ1v) is 12.9. The Balaban J connectivity index is 1.71. The lowest BCUT2D eigenvalue weighted by Gasteiger charge is -2.35. The quantitative estimate of drug-likeness (QED) is 0.711. The molecule has 2 fully saturated rings. The number of nitrogens with zero attached hydrogens (tertiary/aromatic N) is 3. The highest BCUT2D eigenvalue weighted by Gasteiger charge is 2.32. The maximum absolute atomic E-state index is 13.6. The van der Waals surface area contributed by atoms with E-state index in [-0.39, 0.29) is 11.5 Å². The monoisotopic (exact) mass is 436 g/mol. The summed E-state index contributed by atoms with van der Waals surface area (Å²) in [6.45, 7) is 14.1. The predicted octanol–water partition coefficient (Wildman–Crippen LogP) is 2.36. The van der Waals surface area contributed by atoms with E-state index in [4.69, 9.17) is 0 Å². The maximum Gasteiger partial charge on any atom is 0.243 e. The Morgan fingerprint density at radius 1 is 1.03 bits per heavy atom. The van der Waals surface area contributed by atoms with Crippen molar-refractivity contribution in [1.82, 2.24) is 19.4 Å². The number of benzene rings is 1. The molecule has 30 heavy (non-hydrogen) atoms. The summed E-state index contributed by atoms with van der Waals surface area (Å²) in [5, 5.41) is 3.36. The SMILES string of the molecule is CN1CCN(CCCN(C2CCNCC2)S(=O)(=O)c2ccc(C(C)(C)C)cc2)CC1. The fourth-order valence-electron chi connectivity index (χ4n) is 4.38. The van der Waals surface area contributed by atoms with E-state index in [9.17, 15) is 8.42 Å². The minimum Gasteiger partial charge on any atom is -0.317 e. The number of hydrogen-bond donors (Lipinski definition) is 1. The van der Waals surface area contributed by atoms with Gasteiger partial charge in [0.1, 0.15) is 0 Å². The number of likely N-dealkylation sites (N-methyl/N-ethyl adjacent to an activating group) is 1. The van der Waals surface area contributed by atoms with Crippen LogP contribution >= 0.6 is 0 Å². The summed E-state index contributed by atoms with van der Waals surface area (Å²) >= 11 is 0. The van der Waals surface area contributed by atoms with E-state index in [0.29, 0.717) is 11.4 Å². The molecule has 0 unspecified atom stereocenters. The van der Waals surface area contributed by atoms with Crippen LogP contribution in [0.15, 0.2) is 29.2 Å². The van der Waals surface area contributed by atoms with Gasteiger partial charge in [0.15, 0.2) is 0 Å². The van der Waals surface area contributed by atoms with Gasteiger partial charge in [0.2, 0.25) is 10.0 Å². The molecule has 2 aliphatic heterocycles. The normalized spacial score (nSPS) is 20.7. The van der Waals surface area contributed by atoms with E-state index in [1.165, 1.54) is 0 Å². The summed E-state index contributed by atoms with van der Waals surface area (Å²) in [7, 11) is -1.34. The zero-order valence-corrected chi connectivity index (χ0v) is 20.0. The molecule has 6 nitrogen and oxygen atoms in total. The molecule has 1 aromatic carbocycles. The van der Waals surface area contributed by atoms with Crippen molar-refractivity contribution < 1.29 is 8.42 Å². The van der Waals surface area contributed by atoms with Crippen molar-refractivity contribution in [2.24, 2.45) is 0 Å². The average molecular weight is 437 g/mol. The van der Waals surface area contributed by atoms with Gasteiger partial charge in [-0.05, 0) is 69.1 Å². The summed E-state index contributed by atoms with van der Waals surface area (Å²) < 4.78 is 29.0. The fraction of sp³-hybridized carbons (Fsp3) is 0.739.